The summed E-state index contributed by atoms with van der Waals surface area (Å²) in [5, 5.41) is 48.3. The average molecular weight is 523 g/mol. The summed E-state index contributed by atoms with van der Waals surface area (Å²) in [5.41, 5.74) is 2.35. The molecule has 0 radical (unpaired) electrons. The van der Waals surface area contributed by atoms with Gasteiger partial charge < -0.3 is 45.8 Å². The monoisotopic (exact) mass is 523 g/mol. The van der Waals surface area contributed by atoms with Gasteiger partial charge in [0.1, 0.15) is 35.8 Å². The highest BCUT2D eigenvalue weighted by atomic mass is 31.3. The summed E-state index contributed by atoms with van der Waals surface area (Å²) >= 11 is 0. The van der Waals surface area contributed by atoms with E-state index >= 15 is 0 Å². The van der Waals surface area contributed by atoms with Crippen LogP contribution in [0.5, 0.6) is 0 Å². The van der Waals surface area contributed by atoms with Crippen LogP contribution in [0.3, 0.4) is 0 Å². The molecule has 8 atom stereocenters. The maximum Gasteiger partial charge on any atom is 0.481 e. The van der Waals surface area contributed by atoms with Crippen molar-refractivity contribution >= 4 is 21.5 Å². The number of aromatic nitrogens is 2. The number of nitrogens with zero attached hydrogens (tertiary/aromatic N) is 2. The summed E-state index contributed by atoms with van der Waals surface area (Å²) in [6.45, 7) is -1.94. The first kappa shape index (κ1) is 27.9. The largest absolute Gasteiger partial charge is 0.481 e. The van der Waals surface area contributed by atoms with Crippen molar-refractivity contribution in [2.75, 3.05) is 25.6 Å². The molecule has 9 N–H and O–H groups in total. The number of nitrogens with two attached hydrogens (primary N) is 1. The van der Waals surface area contributed by atoms with Crippen LogP contribution in [0.15, 0.2) is 17.1 Å². The molecule has 2 unspecified atom stereocenters. The Bertz CT molecular complexity index is 973. The van der Waals surface area contributed by atoms with Gasteiger partial charge in [0.2, 0.25) is 0 Å². The van der Waals surface area contributed by atoms with Gasteiger partial charge in [0.15, 0.2) is 6.23 Å². The van der Waals surface area contributed by atoms with Gasteiger partial charge in [-0.25, -0.2) is 13.9 Å². The molecule has 1 aromatic heterocycles. The first-order chi connectivity index (χ1) is 15.1. The van der Waals surface area contributed by atoms with Crippen LogP contribution in [0.1, 0.15) is 13.2 Å². The van der Waals surface area contributed by atoms with Crippen LogP contribution in [0.25, 0.3) is 0 Å². The molecule has 0 bridgehead atoms. The molecule has 33 heavy (non-hydrogen) atoms. The predicted octanol–water partition coefficient (Wildman–Crippen LogP) is -3.20. The van der Waals surface area contributed by atoms with E-state index in [1.165, 1.54) is 6.07 Å². The van der Waals surface area contributed by atoms with Gasteiger partial charge in [-0.2, -0.15) is 9.29 Å². The normalized spacial score (nSPS) is 29.7. The highest BCUT2D eigenvalue weighted by Crippen LogP contribution is 2.60. The number of aliphatic hydroxyl groups excluding tert-OH is 4. The molecule has 2 heterocycles. The van der Waals surface area contributed by atoms with Crippen LogP contribution in [0.4, 0.5) is 5.82 Å². The van der Waals surface area contributed by atoms with E-state index in [2.05, 4.69) is 18.3 Å². The van der Waals surface area contributed by atoms with Gasteiger partial charge in [0, 0.05) is 6.20 Å². The fourth-order valence-corrected chi connectivity index (χ4v) is 4.60. The van der Waals surface area contributed by atoms with E-state index in [0.717, 1.165) is 17.7 Å². The maximum absolute atomic E-state index is 12.0. The Morgan fingerprint density at radius 1 is 1.27 bits per heavy atom. The molecule has 19 heteroatoms. The quantitative estimate of drug-likeness (QED) is 0.105. The molecule has 0 amide bonds. The first-order valence-electron chi connectivity index (χ1n) is 9.12. The lowest BCUT2D eigenvalue weighted by Crippen LogP contribution is -2.45. The highest BCUT2D eigenvalue weighted by Gasteiger charge is 2.46. The second kappa shape index (κ2) is 10.5. The average Bonchev–Trinajstić information content (AvgIpc) is 2.98. The standard InChI is InChI=1S/C14H25N3O14P2/c1-14(23,6-18)8(19)5-29-33(26,27)31-32(24,25)28-4-7-10(20)11(21)12(30-7)17-3-2-9(15)16-13(17)22/h2-3,7-8,10-12,18-21,23H,4-6H2,1H3,(H,24,25)(H,26,27)(H2,15,16,22)/t7-,8-,10-,11-,12-,14+/m1/s1/i1+1,14+1. The summed E-state index contributed by atoms with van der Waals surface area (Å²) in [6, 6.07) is 1.22. The predicted molar refractivity (Wildman–Crippen MR) is 105 cm³/mol. The van der Waals surface area contributed by atoms with E-state index in [0.29, 0.717) is 0 Å². The van der Waals surface area contributed by atoms with E-state index < -0.39 is 77.4 Å². The highest BCUT2D eigenvalue weighted by molar-refractivity contribution is 7.61. The van der Waals surface area contributed by atoms with Gasteiger partial charge in [-0.1, -0.05) is 0 Å². The van der Waals surface area contributed by atoms with E-state index in [9.17, 15) is 44.1 Å². The molecule has 1 fully saturated rings. The Kier molecular flexibility index (Phi) is 8.92. The van der Waals surface area contributed by atoms with Gasteiger partial charge in [-0.05, 0) is 13.0 Å². The number of nitrogen functional groups attached to an aromatic ring is 1. The van der Waals surface area contributed by atoms with Crippen molar-refractivity contribution in [3.05, 3.63) is 22.7 Å². The molecule has 0 spiro atoms. The van der Waals surface area contributed by atoms with E-state index in [-0.39, 0.29) is 5.82 Å². The van der Waals surface area contributed by atoms with Crippen molar-refractivity contribution < 1.29 is 62.5 Å². The third-order valence-corrected chi connectivity index (χ3v) is 7.11. The van der Waals surface area contributed by atoms with Gasteiger partial charge >= 0.3 is 21.3 Å². The van der Waals surface area contributed by atoms with Crippen LogP contribution >= 0.6 is 15.6 Å². The molecule has 1 aromatic rings. The number of aliphatic hydroxyl groups is 5. The fraction of sp³-hybridized carbons (Fsp3) is 0.714. The van der Waals surface area contributed by atoms with Crippen LogP contribution in [-0.4, -0.2) is 94.7 Å². The molecule has 17 nitrogen and oxygen atoms in total. The smallest absolute Gasteiger partial charge is 0.393 e. The van der Waals surface area contributed by atoms with Gasteiger partial charge in [0.25, 0.3) is 0 Å². The van der Waals surface area contributed by atoms with Gasteiger partial charge in [-0.15, -0.1) is 0 Å². The lowest BCUT2D eigenvalue weighted by Gasteiger charge is -2.27. The van der Waals surface area contributed by atoms with E-state index in [1.54, 1.807) is 0 Å². The lowest BCUT2D eigenvalue weighted by molar-refractivity contribution is -0.107. The Labute approximate surface area is 185 Å². The molecular weight excluding hydrogens is 498 g/mol. The Balaban J connectivity index is 1.96. The van der Waals surface area contributed by atoms with Gasteiger partial charge in [0.05, 0.1) is 19.8 Å². The minimum atomic E-state index is -5.33. The van der Waals surface area contributed by atoms with Crippen molar-refractivity contribution in [1.82, 2.24) is 9.55 Å². The molecule has 1 aliphatic rings. The van der Waals surface area contributed by atoms with Crippen LogP contribution in [0, 0.1) is 0 Å². The summed E-state index contributed by atoms with van der Waals surface area (Å²) in [7, 11) is -10.6. The van der Waals surface area contributed by atoms with Crippen LogP contribution in [0.2, 0.25) is 0 Å². The first-order valence-corrected chi connectivity index (χ1v) is 12.1. The second-order valence-corrected chi connectivity index (χ2v) is 10.3. The Morgan fingerprint density at radius 2 is 1.88 bits per heavy atom. The van der Waals surface area contributed by atoms with Crippen LogP contribution < -0.4 is 11.4 Å². The number of phosphoric acid groups is 2. The minimum Gasteiger partial charge on any atom is -0.393 e. The number of phosphoric ester groups is 2. The SMILES string of the molecule is [13CH3][13C@](O)(CO)[C@H](O)COP(=O)(O)OP(=O)(O)OC[C@H]1O[C@@H](n2ccc(N)nc2=O)[C@H](O)[C@@H]1O. The fourth-order valence-electron chi connectivity index (χ4n) is 2.51. The zero-order valence-electron chi connectivity index (χ0n) is 17.0. The van der Waals surface area contributed by atoms with E-state index in [4.69, 9.17) is 15.6 Å². The second-order valence-electron chi connectivity index (χ2n) is 7.23. The van der Waals surface area contributed by atoms with Crippen LogP contribution in [-0.2, 0) is 27.2 Å². The van der Waals surface area contributed by atoms with Crippen molar-refractivity contribution in [2.24, 2.45) is 0 Å². The van der Waals surface area contributed by atoms with E-state index in [1.807, 2.05) is 0 Å². The lowest BCUT2D eigenvalue weighted by atomic mass is 10.1. The molecule has 0 saturated carbocycles. The molecule has 1 saturated heterocycles. The summed E-state index contributed by atoms with van der Waals surface area (Å²) in [6.07, 6.45) is -7.07. The number of ether oxygens (including phenoxy) is 1. The topological polar surface area (TPSA) is 274 Å². The number of rotatable bonds is 11. The molecule has 190 valence electrons. The number of hydrogen-bond acceptors (Lipinski definition) is 14. The van der Waals surface area contributed by atoms with Crippen molar-refractivity contribution in [3.63, 3.8) is 0 Å². The summed E-state index contributed by atoms with van der Waals surface area (Å²) in [5.74, 6) is -0.106. The number of hydrogen-bond donors (Lipinski definition) is 8. The summed E-state index contributed by atoms with van der Waals surface area (Å²) < 4.78 is 42.7. The number of anilines is 1. The molecule has 0 aromatic carbocycles. The third kappa shape index (κ3) is 7.34. The molecule has 0 aliphatic carbocycles. The molecule has 1 aliphatic heterocycles. The minimum absolute atomic E-state index is 0.106. The Morgan fingerprint density at radius 3 is 2.45 bits per heavy atom. The molecule has 2 rings (SSSR count). The Hall–Kier alpha value is -1.30. The van der Waals surface area contributed by atoms with Crippen molar-refractivity contribution in [1.29, 1.82) is 0 Å². The molecular formula is C14H25N3O14P2. The summed E-state index contributed by atoms with van der Waals surface area (Å²) in [4.78, 5) is 34.5. The maximum atomic E-state index is 12.0. The third-order valence-electron chi connectivity index (χ3n) is 4.50. The zero-order chi connectivity index (χ0) is 25.2. The van der Waals surface area contributed by atoms with Crippen molar-refractivity contribution in [2.45, 2.75) is 43.2 Å². The zero-order valence-corrected chi connectivity index (χ0v) is 18.8. The van der Waals surface area contributed by atoms with Crippen molar-refractivity contribution in [3.8, 4) is 0 Å². The van der Waals surface area contributed by atoms with Gasteiger partial charge in [-0.3, -0.25) is 13.6 Å².